The summed E-state index contributed by atoms with van der Waals surface area (Å²) in [5, 5.41) is 1.94. The van der Waals surface area contributed by atoms with E-state index >= 15 is 0 Å². The molecule has 14 nitrogen and oxygen atoms in total. The van der Waals surface area contributed by atoms with E-state index in [0.29, 0.717) is 39.5 Å². The Balaban J connectivity index is 0.982. The molecule has 2 aliphatic heterocycles. The largest absolute Gasteiger partial charge is 0.471 e. The van der Waals surface area contributed by atoms with Crippen LogP contribution < -0.4 is 5.32 Å². The molecule has 0 aromatic heterocycles. The van der Waals surface area contributed by atoms with Crippen LogP contribution in [-0.4, -0.2) is 113 Å². The lowest BCUT2D eigenvalue weighted by Crippen LogP contribution is -2.63. The standard InChI is InChI=1S/C76H88F3NO13/c1-53-67(86-46-59-32-17-7-18-33-59)63(50-82-43-56-26-11-4-12-27-56)42-64(68(53)87-47-60-34-19-8-20-35-60)90-69-54(2)72(89-49-62-38-23-10-24-39-62)74(92-65(69)51-83-44-57-28-13-5-14-29-57)93-70-55(3)71(88-48-61-36-21-9-22-37-61)73(85-41-25-40-80-75(81)76(77,78)79)91-66(70)52-84-45-58-30-15-6-16-31-58/h4-24,26-39,53-55,63-74H,25,40-52H2,1-3H3,(H,80,81)/t53-,54-,55?,63?,64-,65?,66-,67+,68?,69+,70-,71?,72?,73+,74-/m0/s1. The zero-order valence-corrected chi connectivity index (χ0v) is 53.2. The summed E-state index contributed by atoms with van der Waals surface area (Å²) in [4.78, 5) is 11.7. The van der Waals surface area contributed by atoms with Crippen LogP contribution >= 0.6 is 0 Å². The Labute approximate surface area is 545 Å². The maximum atomic E-state index is 13.2. The van der Waals surface area contributed by atoms with Crippen LogP contribution in [0.25, 0.3) is 0 Å². The van der Waals surface area contributed by atoms with Crippen molar-refractivity contribution in [2.24, 2.45) is 23.7 Å². The van der Waals surface area contributed by atoms with Crippen LogP contribution in [0.1, 0.15) is 72.6 Å². The number of hydrogen-bond donors (Lipinski definition) is 1. The highest BCUT2D eigenvalue weighted by Gasteiger charge is 2.54. The molecule has 3 aliphatic rings. The monoisotopic (exact) mass is 1280 g/mol. The van der Waals surface area contributed by atoms with Crippen molar-refractivity contribution in [2.45, 2.75) is 154 Å². The van der Waals surface area contributed by atoms with Gasteiger partial charge in [0.15, 0.2) is 12.6 Å². The second-order valence-electron chi connectivity index (χ2n) is 24.4. The smallest absolute Gasteiger partial charge is 0.376 e. The van der Waals surface area contributed by atoms with Gasteiger partial charge in [0.1, 0.15) is 24.4 Å². The van der Waals surface area contributed by atoms with Gasteiger partial charge in [0.2, 0.25) is 0 Å². The molecule has 17 heteroatoms. The molecule has 0 radical (unpaired) electrons. The van der Waals surface area contributed by atoms with E-state index in [0.717, 1.165) is 38.9 Å². The minimum absolute atomic E-state index is 0.0422. The van der Waals surface area contributed by atoms with Crippen LogP contribution in [0, 0.1) is 23.7 Å². The maximum Gasteiger partial charge on any atom is 0.471 e. The average molecular weight is 1280 g/mol. The molecule has 1 aliphatic carbocycles. The van der Waals surface area contributed by atoms with Gasteiger partial charge >= 0.3 is 12.1 Å². The maximum absolute atomic E-state index is 13.2. The number of carbonyl (C=O) groups is 1. The van der Waals surface area contributed by atoms with E-state index in [2.05, 4.69) is 50.2 Å². The van der Waals surface area contributed by atoms with Crippen molar-refractivity contribution < 1.29 is 74.8 Å². The summed E-state index contributed by atoms with van der Waals surface area (Å²) >= 11 is 0. The number of rotatable bonds is 33. The molecule has 15 atom stereocenters. The Morgan fingerprint density at radius 2 is 0.742 bits per heavy atom. The van der Waals surface area contributed by atoms with E-state index in [-0.39, 0.29) is 70.5 Å². The molecule has 1 N–H and O–H groups in total. The van der Waals surface area contributed by atoms with E-state index < -0.39 is 85.3 Å². The quantitative estimate of drug-likeness (QED) is 0.0391. The van der Waals surface area contributed by atoms with Gasteiger partial charge in [-0.1, -0.05) is 233 Å². The number of carbonyl (C=O) groups excluding carboxylic acids is 1. The molecule has 3 fully saturated rings. The summed E-state index contributed by atoms with van der Waals surface area (Å²) in [6.07, 6.45) is -12.3. The van der Waals surface area contributed by atoms with Crippen LogP contribution in [0.2, 0.25) is 0 Å². The lowest BCUT2D eigenvalue weighted by atomic mass is 9.75. The highest BCUT2D eigenvalue weighted by molar-refractivity contribution is 5.81. The molecule has 0 bridgehead atoms. The third kappa shape index (κ3) is 20.7. The summed E-state index contributed by atoms with van der Waals surface area (Å²) in [6, 6.07) is 69.9. The Kier molecular flexibility index (Phi) is 26.6. The predicted octanol–water partition coefficient (Wildman–Crippen LogP) is 13.6. The van der Waals surface area contributed by atoms with E-state index in [1.165, 1.54) is 0 Å². The summed E-state index contributed by atoms with van der Waals surface area (Å²) in [5.41, 5.74) is 6.94. The summed E-state index contributed by atoms with van der Waals surface area (Å²) in [7, 11) is 0. The average Bonchev–Trinajstić information content (AvgIpc) is 0.876. The zero-order valence-electron chi connectivity index (χ0n) is 53.2. The summed E-state index contributed by atoms with van der Waals surface area (Å²) < 4.78 is 123. The van der Waals surface area contributed by atoms with Gasteiger partial charge in [-0.25, -0.2) is 0 Å². The Hall–Kier alpha value is -6.68. The fourth-order valence-electron chi connectivity index (χ4n) is 12.6. The summed E-state index contributed by atoms with van der Waals surface area (Å²) in [6.45, 7) is 8.68. The van der Waals surface area contributed by atoms with Gasteiger partial charge < -0.3 is 62.2 Å². The normalized spacial score (nSPS) is 26.5. The Morgan fingerprint density at radius 1 is 0.409 bits per heavy atom. The summed E-state index contributed by atoms with van der Waals surface area (Å²) in [5.74, 6) is -3.23. The Morgan fingerprint density at radius 3 is 1.15 bits per heavy atom. The van der Waals surface area contributed by atoms with Crippen molar-refractivity contribution in [3.63, 3.8) is 0 Å². The minimum Gasteiger partial charge on any atom is -0.376 e. The molecular weight excluding hydrogens is 1190 g/mol. The molecular formula is C76H88F3NO13. The first-order valence-corrected chi connectivity index (χ1v) is 32.5. The first kappa shape index (κ1) is 69.2. The second-order valence-corrected chi connectivity index (χ2v) is 24.4. The highest BCUT2D eigenvalue weighted by atomic mass is 19.4. The fraction of sp³-hybridized carbons (Fsp3) is 0.434. The molecule has 7 aromatic rings. The van der Waals surface area contributed by atoms with E-state index in [1.807, 2.05) is 188 Å². The van der Waals surface area contributed by atoms with Gasteiger partial charge in [-0.15, -0.1) is 0 Å². The molecule has 93 heavy (non-hydrogen) atoms. The van der Waals surface area contributed by atoms with Crippen LogP contribution in [0.5, 0.6) is 0 Å². The van der Waals surface area contributed by atoms with Crippen molar-refractivity contribution in [1.29, 1.82) is 0 Å². The molecule has 0 spiro atoms. The van der Waals surface area contributed by atoms with Gasteiger partial charge in [0.05, 0.1) is 103 Å². The van der Waals surface area contributed by atoms with Crippen LogP contribution in [0.3, 0.4) is 0 Å². The second kappa shape index (κ2) is 35.7. The molecule has 1 saturated carbocycles. The van der Waals surface area contributed by atoms with Gasteiger partial charge in [0, 0.05) is 30.2 Å². The number of amides is 1. The predicted molar refractivity (Wildman–Crippen MR) is 344 cm³/mol. The van der Waals surface area contributed by atoms with Crippen LogP contribution in [0.4, 0.5) is 13.2 Å². The van der Waals surface area contributed by atoms with Crippen molar-refractivity contribution in [3.8, 4) is 0 Å². The SMILES string of the molecule is CC1C(OCc2ccccc2)[C@H](OCCCNC(=O)C(F)(F)F)O[C@@H](COCc2ccccc2)[C@H]1O[C@@H]1OC(COCc2ccccc2)[C@H](O[C@H]2CC(COCc3ccccc3)[C@H](OCc3ccccc3)[C@H](C)C2OCc2ccccc2)[C@H](C)C1OCc1ccccc1. The molecule has 6 unspecified atom stereocenters. The first-order chi connectivity index (χ1) is 45.4. The number of halogens is 3. The van der Waals surface area contributed by atoms with E-state index in [9.17, 15) is 18.0 Å². The van der Waals surface area contributed by atoms with E-state index in [4.69, 9.17) is 56.8 Å². The molecule has 7 aromatic carbocycles. The fourth-order valence-corrected chi connectivity index (χ4v) is 12.6. The lowest BCUT2D eigenvalue weighted by Gasteiger charge is -2.51. The van der Waals surface area contributed by atoms with Crippen molar-refractivity contribution in [2.75, 3.05) is 33.0 Å². The van der Waals surface area contributed by atoms with Crippen molar-refractivity contribution in [3.05, 3.63) is 251 Å². The highest BCUT2D eigenvalue weighted by Crippen LogP contribution is 2.43. The van der Waals surface area contributed by atoms with Gasteiger partial charge in [-0.05, 0) is 51.8 Å². The van der Waals surface area contributed by atoms with Gasteiger partial charge in [0.25, 0.3) is 0 Å². The number of nitrogens with one attached hydrogen (secondary N) is 1. The van der Waals surface area contributed by atoms with Gasteiger partial charge in [-0.3, -0.25) is 4.79 Å². The van der Waals surface area contributed by atoms with E-state index in [1.54, 1.807) is 0 Å². The van der Waals surface area contributed by atoms with Gasteiger partial charge in [-0.2, -0.15) is 13.2 Å². The molecule has 2 heterocycles. The topological polar surface area (TPSA) is 140 Å². The van der Waals surface area contributed by atoms with Crippen molar-refractivity contribution >= 4 is 5.91 Å². The molecule has 496 valence electrons. The van der Waals surface area contributed by atoms with Crippen LogP contribution in [-0.2, 0) is 108 Å². The minimum atomic E-state index is -5.02. The molecule has 1 amide bonds. The number of benzene rings is 7. The number of hydrogen-bond acceptors (Lipinski definition) is 13. The number of ether oxygens (including phenoxy) is 12. The molecule has 10 rings (SSSR count). The molecule has 2 saturated heterocycles. The lowest BCUT2D eigenvalue weighted by molar-refractivity contribution is -0.363. The third-order valence-corrected chi connectivity index (χ3v) is 17.5. The van der Waals surface area contributed by atoms with Crippen molar-refractivity contribution in [1.82, 2.24) is 5.32 Å². The number of alkyl halides is 3. The first-order valence-electron chi connectivity index (χ1n) is 32.5. The zero-order chi connectivity index (χ0) is 64.6. The third-order valence-electron chi connectivity index (χ3n) is 17.5. The van der Waals surface area contributed by atoms with Crippen LogP contribution in [0.15, 0.2) is 212 Å². The Bertz CT molecular complexity index is 3200.